The van der Waals surface area contributed by atoms with Gasteiger partial charge >= 0.3 is 0 Å². The average Bonchev–Trinajstić information content (AvgIpc) is 3.13. The Hall–Kier alpha value is -3.25. The summed E-state index contributed by atoms with van der Waals surface area (Å²) >= 11 is 0. The lowest BCUT2D eigenvalue weighted by atomic mass is 10.0. The van der Waals surface area contributed by atoms with Crippen molar-refractivity contribution in [2.24, 2.45) is 7.05 Å². The average molecular weight is 387 g/mol. The first-order valence-electron chi connectivity index (χ1n) is 9.66. The van der Waals surface area contributed by atoms with Crippen molar-refractivity contribution in [2.75, 3.05) is 7.11 Å². The predicted molar refractivity (Wildman–Crippen MR) is 115 cm³/mol. The van der Waals surface area contributed by atoms with Crippen molar-refractivity contribution in [3.63, 3.8) is 0 Å². The van der Waals surface area contributed by atoms with Crippen molar-refractivity contribution in [1.82, 2.24) is 24.8 Å². The van der Waals surface area contributed by atoms with Crippen LogP contribution in [-0.4, -0.2) is 26.6 Å². The van der Waals surface area contributed by atoms with E-state index in [-0.39, 0.29) is 6.04 Å². The van der Waals surface area contributed by atoms with Gasteiger partial charge in [0.15, 0.2) is 5.65 Å². The third kappa shape index (κ3) is 3.84. The van der Waals surface area contributed by atoms with Crippen LogP contribution in [0.25, 0.3) is 22.4 Å². The molecule has 0 amide bonds. The molecule has 0 radical (unpaired) electrons. The number of hydrogen-bond donors (Lipinski definition) is 1. The van der Waals surface area contributed by atoms with E-state index in [2.05, 4.69) is 70.5 Å². The number of nitrogens with zero attached hydrogens (tertiary/aromatic N) is 4. The van der Waals surface area contributed by atoms with Gasteiger partial charge in [-0.15, -0.1) is 0 Å². The second-order valence-electron chi connectivity index (χ2n) is 7.30. The van der Waals surface area contributed by atoms with Gasteiger partial charge in [0, 0.05) is 25.2 Å². The molecule has 2 aromatic heterocycles. The van der Waals surface area contributed by atoms with E-state index in [1.807, 2.05) is 17.7 Å². The van der Waals surface area contributed by atoms with E-state index < -0.39 is 0 Å². The largest absolute Gasteiger partial charge is 0.496 e. The highest BCUT2D eigenvalue weighted by Gasteiger charge is 2.15. The Labute approximate surface area is 170 Å². The fraction of sp³-hybridized carbons (Fsp3) is 0.261. The third-order valence-electron chi connectivity index (χ3n) is 5.21. The lowest BCUT2D eigenvalue weighted by Crippen LogP contribution is -2.18. The number of aryl methyl sites for hydroxylation is 2. The van der Waals surface area contributed by atoms with Crippen molar-refractivity contribution in [2.45, 2.75) is 26.4 Å². The zero-order valence-electron chi connectivity index (χ0n) is 17.2. The van der Waals surface area contributed by atoms with Gasteiger partial charge in [-0.05, 0) is 37.1 Å². The number of hydrogen-bond acceptors (Lipinski definition) is 5. The van der Waals surface area contributed by atoms with E-state index in [1.165, 1.54) is 11.1 Å². The molecule has 0 saturated heterocycles. The molecule has 4 rings (SSSR count). The molecule has 0 fully saturated rings. The zero-order chi connectivity index (χ0) is 20.4. The van der Waals surface area contributed by atoms with Crippen molar-refractivity contribution in [1.29, 1.82) is 0 Å². The number of aromatic nitrogens is 4. The molecule has 0 unspecified atom stereocenters. The van der Waals surface area contributed by atoms with Crippen LogP contribution in [0.3, 0.4) is 0 Å². The molecule has 29 heavy (non-hydrogen) atoms. The van der Waals surface area contributed by atoms with E-state index in [1.54, 1.807) is 19.8 Å². The number of rotatable bonds is 6. The standard InChI is InChI=1S/C23H25N5O/c1-15-5-8-18(9-6-15)16(2)24-12-17-7-10-20(29-4)19(11-17)21-22-23(26-13-25-21)28(3)14-27-22/h5-11,13-14,16,24H,12H2,1-4H3/t16-/m1/s1. The first-order valence-corrected chi connectivity index (χ1v) is 9.66. The van der Waals surface area contributed by atoms with Crippen LogP contribution < -0.4 is 10.1 Å². The van der Waals surface area contributed by atoms with E-state index >= 15 is 0 Å². The summed E-state index contributed by atoms with van der Waals surface area (Å²) in [6.07, 6.45) is 3.33. The molecule has 0 aliphatic carbocycles. The van der Waals surface area contributed by atoms with Crippen LogP contribution in [0.4, 0.5) is 0 Å². The van der Waals surface area contributed by atoms with Crippen LogP contribution in [-0.2, 0) is 13.6 Å². The van der Waals surface area contributed by atoms with Gasteiger partial charge in [0.1, 0.15) is 23.3 Å². The quantitative estimate of drug-likeness (QED) is 0.537. The van der Waals surface area contributed by atoms with Gasteiger partial charge in [0.25, 0.3) is 0 Å². The Morgan fingerprint density at radius 2 is 1.86 bits per heavy atom. The highest BCUT2D eigenvalue weighted by atomic mass is 16.5. The van der Waals surface area contributed by atoms with E-state index in [0.29, 0.717) is 0 Å². The van der Waals surface area contributed by atoms with Crippen molar-refractivity contribution in [3.05, 3.63) is 71.8 Å². The second-order valence-corrected chi connectivity index (χ2v) is 7.30. The molecule has 0 aliphatic heterocycles. The van der Waals surface area contributed by atoms with Crippen LogP contribution in [0.2, 0.25) is 0 Å². The van der Waals surface area contributed by atoms with E-state index in [0.717, 1.165) is 40.3 Å². The Kier molecular flexibility index (Phi) is 5.27. The molecule has 0 saturated carbocycles. The molecule has 4 aromatic rings. The summed E-state index contributed by atoms with van der Waals surface area (Å²) in [7, 11) is 3.60. The topological polar surface area (TPSA) is 64.9 Å². The van der Waals surface area contributed by atoms with Gasteiger partial charge in [-0.1, -0.05) is 35.9 Å². The highest BCUT2D eigenvalue weighted by Crippen LogP contribution is 2.33. The summed E-state index contributed by atoms with van der Waals surface area (Å²) in [5.41, 5.74) is 6.96. The van der Waals surface area contributed by atoms with Gasteiger partial charge in [-0.2, -0.15) is 0 Å². The summed E-state index contributed by atoms with van der Waals surface area (Å²) in [5.74, 6) is 0.769. The Morgan fingerprint density at radius 1 is 1.07 bits per heavy atom. The highest BCUT2D eigenvalue weighted by molar-refractivity contribution is 5.89. The summed E-state index contributed by atoms with van der Waals surface area (Å²) in [6.45, 7) is 5.02. The smallest absolute Gasteiger partial charge is 0.163 e. The fourth-order valence-electron chi connectivity index (χ4n) is 3.44. The molecule has 6 heteroatoms. The van der Waals surface area contributed by atoms with Crippen LogP contribution in [0.5, 0.6) is 5.75 Å². The Morgan fingerprint density at radius 3 is 2.62 bits per heavy atom. The first-order chi connectivity index (χ1) is 14.1. The molecule has 0 spiro atoms. The third-order valence-corrected chi connectivity index (χ3v) is 5.21. The van der Waals surface area contributed by atoms with Gasteiger partial charge < -0.3 is 14.6 Å². The molecule has 6 nitrogen and oxygen atoms in total. The molecule has 0 aliphatic rings. The lowest BCUT2D eigenvalue weighted by molar-refractivity contribution is 0.416. The van der Waals surface area contributed by atoms with Crippen LogP contribution in [0, 0.1) is 6.92 Å². The molecule has 2 aromatic carbocycles. The van der Waals surface area contributed by atoms with Crippen molar-refractivity contribution < 1.29 is 4.74 Å². The molecular formula is C23H25N5O. The maximum absolute atomic E-state index is 5.60. The Bertz CT molecular complexity index is 1130. The van der Waals surface area contributed by atoms with Crippen LogP contribution in [0.15, 0.2) is 55.1 Å². The summed E-state index contributed by atoms with van der Waals surface area (Å²) < 4.78 is 7.49. The number of imidazole rings is 1. The van der Waals surface area contributed by atoms with E-state index in [9.17, 15) is 0 Å². The number of ether oxygens (including phenoxy) is 1. The molecule has 0 bridgehead atoms. The fourth-order valence-corrected chi connectivity index (χ4v) is 3.44. The first kappa shape index (κ1) is 19.1. The maximum Gasteiger partial charge on any atom is 0.163 e. The normalized spacial score (nSPS) is 12.3. The minimum atomic E-state index is 0.252. The van der Waals surface area contributed by atoms with Crippen LogP contribution in [0.1, 0.15) is 29.7 Å². The minimum absolute atomic E-state index is 0.252. The monoisotopic (exact) mass is 387 g/mol. The SMILES string of the molecule is COc1ccc(CN[C@H](C)c2ccc(C)cc2)cc1-c1ncnc2c1ncn2C. The zero-order valence-corrected chi connectivity index (χ0v) is 17.2. The predicted octanol–water partition coefficient (Wildman–Crippen LogP) is 4.20. The number of methoxy groups -OCH3 is 1. The van der Waals surface area contributed by atoms with Gasteiger partial charge in [-0.3, -0.25) is 0 Å². The summed E-state index contributed by atoms with van der Waals surface area (Å²) in [5, 5.41) is 3.60. The second kappa shape index (κ2) is 8.01. The van der Waals surface area contributed by atoms with Crippen molar-refractivity contribution in [3.8, 4) is 17.0 Å². The minimum Gasteiger partial charge on any atom is -0.496 e. The summed E-state index contributed by atoms with van der Waals surface area (Å²) in [6, 6.07) is 15.1. The number of benzene rings is 2. The van der Waals surface area contributed by atoms with E-state index in [4.69, 9.17) is 4.74 Å². The molecular weight excluding hydrogens is 362 g/mol. The van der Waals surface area contributed by atoms with Gasteiger partial charge in [-0.25, -0.2) is 15.0 Å². The molecule has 1 N–H and O–H groups in total. The number of nitrogens with one attached hydrogen (secondary N) is 1. The van der Waals surface area contributed by atoms with Gasteiger partial charge in [0.2, 0.25) is 0 Å². The van der Waals surface area contributed by atoms with Crippen LogP contribution >= 0.6 is 0 Å². The Balaban J connectivity index is 1.62. The molecule has 1 atom stereocenters. The molecule has 148 valence electrons. The van der Waals surface area contributed by atoms with Crippen molar-refractivity contribution >= 4 is 11.2 Å². The molecule has 2 heterocycles. The lowest BCUT2D eigenvalue weighted by Gasteiger charge is -2.16. The summed E-state index contributed by atoms with van der Waals surface area (Å²) in [4.78, 5) is 13.3. The van der Waals surface area contributed by atoms with Gasteiger partial charge in [0.05, 0.1) is 13.4 Å². The number of fused-ring (bicyclic) bond motifs is 1. The maximum atomic E-state index is 5.60.